The van der Waals surface area contributed by atoms with Crippen molar-refractivity contribution >= 4 is 5.97 Å². The third-order valence-corrected chi connectivity index (χ3v) is 2.98. The molecule has 0 amide bonds. The molecule has 18 heavy (non-hydrogen) atoms. The standard InChI is InChI=1S/C15H27NO2/c1-4-7-14(8-5-2)9-6-10-16-12-13(3)11-15(17)18/h4-5,13-14,16H,1-2,6-12H2,3H3,(H,17,18). The number of hydrogen-bond donors (Lipinski definition) is 2. The number of rotatable bonds is 12. The fraction of sp³-hybridized carbons (Fsp3) is 0.667. The quantitative estimate of drug-likeness (QED) is 0.415. The molecule has 0 bridgehead atoms. The van der Waals surface area contributed by atoms with Gasteiger partial charge >= 0.3 is 5.97 Å². The molecule has 0 aliphatic carbocycles. The number of carboxylic acids is 1. The number of carboxylic acid groups (broad SMARTS) is 1. The van der Waals surface area contributed by atoms with Crippen molar-refractivity contribution in [3.05, 3.63) is 25.3 Å². The largest absolute Gasteiger partial charge is 0.481 e. The first-order chi connectivity index (χ1) is 8.60. The van der Waals surface area contributed by atoms with Crippen LogP contribution in [0.2, 0.25) is 0 Å². The molecule has 0 rings (SSSR count). The van der Waals surface area contributed by atoms with Crippen LogP contribution in [-0.2, 0) is 4.79 Å². The highest BCUT2D eigenvalue weighted by Gasteiger charge is 2.07. The van der Waals surface area contributed by atoms with E-state index in [2.05, 4.69) is 18.5 Å². The lowest BCUT2D eigenvalue weighted by Crippen LogP contribution is -2.24. The lowest BCUT2D eigenvalue weighted by atomic mass is 9.96. The molecule has 0 aromatic carbocycles. The lowest BCUT2D eigenvalue weighted by molar-refractivity contribution is -0.137. The Morgan fingerprint density at radius 3 is 2.44 bits per heavy atom. The number of carbonyl (C=O) groups is 1. The topological polar surface area (TPSA) is 49.3 Å². The summed E-state index contributed by atoms with van der Waals surface area (Å²) in [7, 11) is 0. The highest BCUT2D eigenvalue weighted by molar-refractivity contribution is 5.66. The van der Waals surface area contributed by atoms with Crippen molar-refractivity contribution in [3.63, 3.8) is 0 Å². The molecule has 0 aromatic rings. The normalized spacial score (nSPS) is 12.3. The van der Waals surface area contributed by atoms with Gasteiger partial charge in [0.2, 0.25) is 0 Å². The van der Waals surface area contributed by atoms with Gasteiger partial charge in [-0.2, -0.15) is 0 Å². The maximum Gasteiger partial charge on any atom is 0.303 e. The van der Waals surface area contributed by atoms with Gasteiger partial charge in [0.25, 0.3) is 0 Å². The van der Waals surface area contributed by atoms with Gasteiger partial charge in [-0.3, -0.25) is 4.79 Å². The Morgan fingerprint density at radius 2 is 1.94 bits per heavy atom. The van der Waals surface area contributed by atoms with E-state index in [0.717, 1.165) is 32.4 Å². The number of nitrogens with one attached hydrogen (secondary N) is 1. The van der Waals surface area contributed by atoms with Crippen molar-refractivity contribution in [3.8, 4) is 0 Å². The molecular formula is C15H27NO2. The van der Waals surface area contributed by atoms with Crippen LogP contribution in [0, 0.1) is 11.8 Å². The number of allylic oxidation sites excluding steroid dienone is 2. The van der Waals surface area contributed by atoms with Crippen molar-refractivity contribution in [1.82, 2.24) is 5.32 Å². The third-order valence-electron chi connectivity index (χ3n) is 2.98. The third kappa shape index (κ3) is 10.1. The van der Waals surface area contributed by atoms with E-state index in [1.165, 1.54) is 6.42 Å². The Balaban J connectivity index is 3.55. The average Bonchev–Trinajstić information content (AvgIpc) is 2.28. The maximum atomic E-state index is 10.5. The van der Waals surface area contributed by atoms with Crippen LogP contribution in [0.1, 0.15) is 39.0 Å². The molecule has 0 aromatic heterocycles. The lowest BCUT2D eigenvalue weighted by Gasteiger charge is -2.14. The summed E-state index contributed by atoms with van der Waals surface area (Å²) in [5, 5.41) is 11.9. The van der Waals surface area contributed by atoms with Gasteiger partial charge in [0.05, 0.1) is 0 Å². The second kappa shape index (κ2) is 11.0. The minimum absolute atomic E-state index is 0.194. The molecule has 0 spiro atoms. The molecule has 1 atom stereocenters. The van der Waals surface area contributed by atoms with Gasteiger partial charge in [-0.05, 0) is 50.6 Å². The highest BCUT2D eigenvalue weighted by atomic mass is 16.4. The number of hydrogen-bond acceptors (Lipinski definition) is 2. The summed E-state index contributed by atoms with van der Waals surface area (Å²) in [6, 6.07) is 0. The van der Waals surface area contributed by atoms with E-state index in [0.29, 0.717) is 5.92 Å². The van der Waals surface area contributed by atoms with Gasteiger partial charge in [-0.1, -0.05) is 19.1 Å². The van der Waals surface area contributed by atoms with E-state index >= 15 is 0 Å². The van der Waals surface area contributed by atoms with E-state index in [4.69, 9.17) is 5.11 Å². The van der Waals surface area contributed by atoms with Gasteiger partial charge < -0.3 is 10.4 Å². The summed E-state index contributed by atoms with van der Waals surface area (Å²) in [5.74, 6) is 0.124. The van der Waals surface area contributed by atoms with E-state index in [1.54, 1.807) is 0 Å². The number of aliphatic carboxylic acids is 1. The Morgan fingerprint density at radius 1 is 1.33 bits per heavy atom. The summed E-state index contributed by atoms with van der Waals surface area (Å²) in [6.45, 7) is 11.2. The molecular weight excluding hydrogens is 226 g/mol. The SMILES string of the molecule is C=CCC(CC=C)CCCNCC(C)CC(=O)O. The summed E-state index contributed by atoms with van der Waals surface area (Å²) >= 11 is 0. The van der Waals surface area contributed by atoms with Crippen molar-refractivity contribution < 1.29 is 9.90 Å². The van der Waals surface area contributed by atoms with Crippen molar-refractivity contribution in [1.29, 1.82) is 0 Å². The molecule has 0 saturated heterocycles. The zero-order chi connectivity index (χ0) is 13.8. The average molecular weight is 253 g/mol. The summed E-state index contributed by atoms with van der Waals surface area (Å²) in [6.07, 6.45) is 8.54. The summed E-state index contributed by atoms with van der Waals surface area (Å²) in [5.41, 5.74) is 0. The van der Waals surface area contributed by atoms with Crippen LogP contribution in [0.15, 0.2) is 25.3 Å². The summed E-state index contributed by atoms with van der Waals surface area (Å²) in [4.78, 5) is 10.5. The Hall–Kier alpha value is -1.09. The molecule has 0 saturated carbocycles. The van der Waals surface area contributed by atoms with Crippen LogP contribution in [0.5, 0.6) is 0 Å². The molecule has 3 nitrogen and oxygen atoms in total. The van der Waals surface area contributed by atoms with Crippen molar-refractivity contribution in [2.45, 2.75) is 39.0 Å². The van der Waals surface area contributed by atoms with Gasteiger partial charge in [-0.25, -0.2) is 0 Å². The van der Waals surface area contributed by atoms with Crippen LogP contribution in [-0.4, -0.2) is 24.2 Å². The molecule has 3 heteroatoms. The fourth-order valence-electron chi connectivity index (χ4n) is 2.04. The van der Waals surface area contributed by atoms with Gasteiger partial charge in [0, 0.05) is 6.42 Å². The van der Waals surface area contributed by atoms with Gasteiger partial charge in [0.15, 0.2) is 0 Å². The van der Waals surface area contributed by atoms with Crippen molar-refractivity contribution in [2.24, 2.45) is 11.8 Å². The van der Waals surface area contributed by atoms with Crippen LogP contribution < -0.4 is 5.32 Å². The van der Waals surface area contributed by atoms with E-state index < -0.39 is 5.97 Å². The van der Waals surface area contributed by atoms with Crippen LogP contribution in [0.25, 0.3) is 0 Å². The fourth-order valence-corrected chi connectivity index (χ4v) is 2.04. The summed E-state index contributed by atoms with van der Waals surface area (Å²) < 4.78 is 0. The maximum absolute atomic E-state index is 10.5. The van der Waals surface area contributed by atoms with E-state index in [1.807, 2.05) is 19.1 Å². The predicted molar refractivity (Wildman–Crippen MR) is 76.6 cm³/mol. The van der Waals surface area contributed by atoms with Crippen LogP contribution in [0.4, 0.5) is 0 Å². The first kappa shape index (κ1) is 16.9. The molecule has 1 unspecified atom stereocenters. The van der Waals surface area contributed by atoms with Crippen LogP contribution in [0.3, 0.4) is 0 Å². The molecule has 0 fully saturated rings. The van der Waals surface area contributed by atoms with Gasteiger partial charge in [0.1, 0.15) is 0 Å². The predicted octanol–water partition coefficient (Wildman–Crippen LogP) is 3.24. The molecule has 2 N–H and O–H groups in total. The zero-order valence-corrected chi connectivity index (χ0v) is 11.5. The molecule has 0 radical (unpaired) electrons. The minimum Gasteiger partial charge on any atom is -0.481 e. The molecule has 0 aliphatic heterocycles. The smallest absolute Gasteiger partial charge is 0.303 e. The molecule has 0 heterocycles. The highest BCUT2D eigenvalue weighted by Crippen LogP contribution is 2.16. The van der Waals surface area contributed by atoms with Crippen molar-refractivity contribution in [2.75, 3.05) is 13.1 Å². The van der Waals surface area contributed by atoms with E-state index in [9.17, 15) is 4.79 Å². The van der Waals surface area contributed by atoms with Crippen LogP contribution >= 0.6 is 0 Å². The second-order valence-electron chi connectivity index (χ2n) is 4.96. The first-order valence-electron chi connectivity index (χ1n) is 6.74. The monoisotopic (exact) mass is 253 g/mol. The molecule has 104 valence electrons. The Bertz CT molecular complexity index is 241. The molecule has 0 aliphatic rings. The minimum atomic E-state index is -0.721. The van der Waals surface area contributed by atoms with E-state index in [-0.39, 0.29) is 12.3 Å². The second-order valence-corrected chi connectivity index (χ2v) is 4.96. The van der Waals surface area contributed by atoms with Gasteiger partial charge in [-0.15, -0.1) is 13.2 Å². The Kier molecular flexibility index (Phi) is 10.4. The Labute approximate surface area is 111 Å². The zero-order valence-electron chi connectivity index (χ0n) is 11.5. The first-order valence-corrected chi connectivity index (χ1v) is 6.74.